The summed E-state index contributed by atoms with van der Waals surface area (Å²) in [5, 5.41) is 8.28. The quantitative estimate of drug-likeness (QED) is 0.298. The van der Waals surface area contributed by atoms with Crippen LogP contribution in [0, 0.1) is 5.41 Å². The van der Waals surface area contributed by atoms with Crippen LogP contribution in [0.4, 0.5) is 0 Å². The first-order valence-corrected chi connectivity index (χ1v) is 12.6. The van der Waals surface area contributed by atoms with Crippen molar-refractivity contribution in [2.24, 2.45) is 0 Å². The van der Waals surface area contributed by atoms with Gasteiger partial charge in [-0.05, 0) is 55.9 Å². The number of halogens is 1. The molecule has 1 saturated carbocycles. The average Bonchev–Trinajstić information content (AvgIpc) is 3.56. The molecule has 2 aromatic heterocycles. The second-order valence-corrected chi connectivity index (χ2v) is 9.42. The Hall–Kier alpha value is -3.36. The van der Waals surface area contributed by atoms with Gasteiger partial charge in [-0.3, -0.25) is 5.41 Å². The van der Waals surface area contributed by atoms with Gasteiger partial charge in [-0.2, -0.15) is 0 Å². The lowest BCUT2D eigenvalue weighted by Crippen LogP contribution is -2.14. The Kier molecular flexibility index (Phi) is 8.84. The first-order chi connectivity index (χ1) is 17.6. The fraction of sp³-hybridized carbons (Fsp3) is 0.393. The van der Waals surface area contributed by atoms with E-state index in [1.165, 1.54) is 12.8 Å². The Balaban J connectivity index is 0.00000320. The van der Waals surface area contributed by atoms with Gasteiger partial charge in [-0.15, -0.1) is 12.4 Å². The number of methoxy groups -OCH3 is 1. The molecule has 4 aromatic rings. The lowest BCUT2D eigenvalue weighted by molar-refractivity contribution is 0.0524. The van der Waals surface area contributed by atoms with Crippen molar-refractivity contribution in [2.45, 2.75) is 64.4 Å². The van der Waals surface area contributed by atoms with Crippen molar-refractivity contribution in [2.75, 3.05) is 7.11 Å². The number of hydrogen-bond donors (Lipinski definition) is 2. The van der Waals surface area contributed by atoms with Crippen LogP contribution >= 0.6 is 12.4 Å². The van der Waals surface area contributed by atoms with Crippen molar-refractivity contribution in [3.8, 4) is 11.5 Å². The van der Waals surface area contributed by atoms with E-state index in [9.17, 15) is 0 Å². The van der Waals surface area contributed by atoms with Crippen LogP contribution in [0.1, 0.15) is 49.6 Å². The molecule has 9 heteroatoms. The lowest BCUT2D eigenvalue weighted by atomic mass is 10.2. The molecule has 0 radical (unpaired) electrons. The number of aromatic amines is 1. The number of benzene rings is 2. The largest absolute Gasteiger partial charge is 0.493 e. The standard InChI is InChI=1S/C28H33N5O3.ClH/c1-19(35-17-20-8-4-3-5-9-20)14-25-31-26-27(29)30-18-33(28(26)32-25)16-21-12-13-23(34-2)24(15-21)36-22-10-6-7-11-22;/h3-5,8-9,12-13,15,18-19,22,29H,6-7,10-11,14,16-17H2,1-2H3,(H,31,32);1H. The molecule has 2 aromatic carbocycles. The Bertz CT molecular complexity index is 1370. The highest BCUT2D eigenvalue weighted by molar-refractivity contribution is 5.85. The smallest absolute Gasteiger partial charge is 0.173 e. The molecule has 0 spiro atoms. The molecular formula is C28H34ClN5O3. The summed E-state index contributed by atoms with van der Waals surface area (Å²) in [6, 6.07) is 16.1. The van der Waals surface area contributed by atoms with Crippen molar-refractivity contribution in [1.29, 1.82) is 5.41 Å². The Morgan fingerprint density at radius 2 is 1.86 bits per heavy atom. The number of imidazole rings is 1. The number of ether oxygens (including phenoxy) is 3. The molecule has 0 bridgehead atoms. The predicted molar refractivity (Wildman–Crippen MR) is 144 cm³/mol. The van der Waals surface area contributed by atoms with Gasteiger partial charge >= 0.3 is 0 Å². The average molecular weight is 524 g/mol. The summed E-state index contributed by atoms with van der Waals surface area (Å²) < 4.78 is 19.8. The van der Waals surface area contributed by atoms with Gasteiger partial charge in [0.2, 0.25) is 0 Å². The van der Waals surface area contributed by atoms with E-state index >= 15 is 0 Å². The van der Waals surface area contributed by atoms with Crippen molar-refractivity contribution >= 4 is 23.6 Å². The lowest BCUT2D eigenvalue weighted by Gasteiger charge is -2.17. The first kappa shape index (κ1) is 26.7. The van der Waals surface area contributed by atoms with E-state index in [0.717, 1.165) is 41.3 Å². The van der Waals surface area contributed by atoms with Crippen molar-refractivity contribution < 1.29 is 14.2 Å². The van der Waals surface area contributed by atoms with E-state index < -0.39 is 0 Å². The van der Waals surface area contributed by atoms with E-state index in [0.29, 0.717) is 30.7 Å². The number of nitrogens with zero attached hydrogens (tertiary/aromatic N) is 3. The molecule has 2 heterocycles. The summed E-state index contributed by atoms with van der Waals surface area (Å²) in [5.74, 6) is 2.30. The summed E-state index contributed by atoms with van der Waals surface area (Å²) in [4.78, 5) is 12.4. The zero-order valence-electron chi connectivity index (χ0n) is 21.3. The third kappa shape index (κ3) is 6.50. The molecule has 5 rings (SSSR count). The van der Waals surface area contributed by atoms with Crippen LogP contribution in [0.2, 0.25) is 0 Å². The maximum Gasteiger partial charge on any atom is 0.173 e. The minimum atomic E-state index is -0.0294. The van der Waals surface area contributed by atoms with Gasteiger partial charge in [-0.25, -0.2) is 9.97 Å². The number of aromatic nitrogens is 4. The molecule has 2 N–H and O–H groups in total. The minimum Gasteiger partial charge on any atom is -0.493 e. The monoisotopic (exact) mass is 523 g/mol. The fourth-order valence-electron chi connectivity index (χ4n) is 4.68. The zero-order valence-corrected chi connectivity index (χ0v) is 22.1. The van der Waals surface area contributed by atoms with Gasteiger partial charge in [0.05, 0.1) is 38.8 Å². The Labute approximate surface area is 222 Å². The predicted octanol–water partition coefficient (Wildman–Crippen LogP) is 5.19. The zero-order chi connectivity index (χ0) is 24.9. The van der Waals surface area contributed by atoms with E-state index in [1.807, 2.05) is 47.9 Å². The molecule has 0 saturated heterocycles. The van der Waals surface area contributed by atoms with Crippen molar-refractivity contribution in [3.05, 3.63) is 77.3 Å². The molecule has 1 unspecified atom stereocenters. The molecule has 37 heavy (non-hydrogen) atoms. The first-order valence-electron chi connectivity index (χ1n) is 12.6. The molecule has 1 atom stereocenters. The van der Waals surface area contributed by atoms with Crippen molar-refractivity contribution in [3.63, 3.8) is 0 Å². The summed E-state index contributed by atoms with van der Waals surface area (Å²) in [7, 11) is 1.67. The maximum atomic E-state index is 8.28. The topological polar surface area (TPSA) is 98.0 Å². The van der Waals surface area contributed by atoms with Gasteiger partial charge in [-0.1, -0.05) is 36.4 Å². The highest BCUT2D eigenvalue weighted by atomic mass is 35.5. The molecule has 1 aliphatic carbocycles. The fourth-order valence-corrected chi connectivity index (χ4v) is 4.68. The summed E-state index contributed by atoms with van der Waals surface area (Å²) in [6.07, 6.45) is 7.10. The second-order valence-electron chi connectivity index (χ2n) is 9.42. The SMILES string of the molecule is COc1ccc(Cn2cnc(=N)c3[nH]c(CC(C)OCc4ccccc4)nc32)cc1OC1CCCC1.Cl. The van der Waals surface area contributed by atoms with Crippen LogP contribution in [-0.4, -0.2) is 38.8 Å². The molecule has 196 valence electrons. The van der Waals surface area contributed by atoms with Crippen LogP contribution in [0.3, 0.4) is 0 Å². The highest BCUT2D eigenvalue weighted by Crippen LogP contribution is 2.32. The maximum absolute atomic E-state index is 8.28. The third-order valence-electron chi connectivity index (χ3n) is 6.60. The van der Waals surface area contributed by atoms with E-state index in [4.69, 9.17) is 24.6 Å². The molecule has 0 amide bonds. The van der Waals surface area contributed by atoms with Gasteiger partial charge in [0.1, 0.15) is 11.3 Å². The Morgan fingerprint density at radius 1 is 1.08 bits per heavy atom. The molecule has 8 nitrogen and oxygen atoms in total. The molecular weight excluding hydrogens is 490 g/mol. The Morgan fingerprint density at radius 3 is 2.62 bits per heavy atom. The minimum absolute atomic E-state index is 0. The van der Waals surface area contributed by atoms with Gasteiger partial charge in [0.25, 0.3) is 0 Å². The molecule has 1 aliphatic rings. The normalized spacial score (nSPS) is 14.4. The molecule has 1 fully saturated rings. The third-order valence-corrected chi connectivity index (χ3v) is 6.60. The number of nitrogens with one attached hydrogen (secondary N) is 2. The number of H-pyrrole nitrogens is 1. The van der Waals surface area contributed by atoms with E-state index in [1.54, 1.807) is 13.4 Å². The van der Waals surface area contributed by atoms with Crippen LogP contribution in [0.25, 0.3) is 11.2 Å². The van der Waals surface area contributed by atoms with Crippen LogP contribution in [-0.2, 0) is 24.3 Å². The van der Waals surface area contributed by atoms with Crippen LogP contribution in [0.15, 0.2) is 54.9 Å². The summed E-state index contributed by atoms with van der Waals surface area (Å²) in [6.45, 7) is 3.14. The second kappa shape index (κ2) is 12.3. The van der Waals surface area contributed by atoms with Gasteiger partial charge < -0.3 is 23.8 Å². The highest BCUT2D eigenvalue weighted by Gasteiger charge is 2.19. The van der Waals surface area contributed by atoms with Crippen molar-refractivity contribution in [1.82, 2.24) is 19.5 Å². The van der Waals surface area contributed by atoms with Crippen LogP contribution in [0.5, 0.6) is 11.5 Å². The van der Waals surface area contributed by atoms with Crippen LogP contribution < -0.4 is 15.0 Å². The number of rotatable bonds is 10. The van der Waals surface area contributed by atoms with Gasteiger partial charge in [0.15, 0.2) is 22.6 Å². The number of hydrogen-bond acceptors (Lipinski definition) is 6. The summed E-state index contributed by atoms with van der Waals surface area (Å²) >= 11 is 0. The van der Waals surface area contributed by atoms with Gasteiger partial charge in [0, 0.05) is 6.42 Å². The van der Waals surface area contributed by atoms with E-state index in [2.05, 4.69) is 22.1 Å². The number of fused-ring (bicyclic) bond motifs is 1. The molecule has 0 aliphatic heterocycles. The summed E-state index contributed by atoms with van der Waals surface area (Å²) in [5.41, 5.74) is 3.70. The van der Waals surface area contributed by atoms with E-state index in [-0.39, 0.29) is 30.1 Å².